The van der Waals surface area contributed by atoms with Crippen LogP contribution in [0.3, 0.4) is 0 Å². The monoisotopic (exact) mass is 337 g/mol. The van der Waals surface area contributed by atoms with Crippen molar-refractivity contribution < 1.29 is 13.6 Å². The van der Waals surface area contributed by atoms with Crippen LogP contribution in [0.5, 0.6) is 0 Å². The Kier molecular flexibility index (Phi) is 4.56. The molecule has 1 saturated heterocycles. The summed E-state index contributed by atoms with van der Waals surface area (Å²) in [5.41, 5.74) is 7.01. The van der Waals surface area contributed by atoms with Crippen LogP contribution >= 0.6 is 11.6 Å². The van der Waals surface area contributed by atoms with Crippen LogP contribution in [0.25, 0.3) is 0 Å². The highest BCUT2D eigenvalue weighted by molar-refractivity contribution is 6.31. The van der Waals surface area contributed by atoms with Gasteiger partial charge in [-0.25, -0.2) is 19.6 Å². The summed E-state index contributed by atoms with van der Waals surface area (Å²) in [6, 6.07) is 9.99. The van der Waals surface area contributed by atoms with Gasteiger partial charge in [-0.3, -0.25) is 4.79 Å². The van der Waals surface area contributed by atoms with Gasteiger partial charge in [0.1, 0.15) is 6.04 Å². The van der Waals surface area contributed by atoms with E-state index in [-0.39, 0.29) is 17.6 Å². The van der Waals surface area contributed by atoms with E-state index in [0.29, 0.717) is 11.4 Å². The second kappa shape index (κ2) is 6.62. The van der Waals surface area contributed by atoms with Crippen LogP contribution in [-0.2, 0) is 4.79 Å². The number of amides is 1. The third-order valence-corrected chi connectivity index (χ3v) is 4.03. The molecular formula is C16H14ClF2N3O. The van der Waals surface area contributed by atoms with Gasteiger partial charge >= 0.3 is 0 Å². The summed E-state index contributed by atoms with van der Waals surface area (Å²) in [5, 5.41) is 3.18. The van der Waals surface area contributed by atoms with Crippen molar-refractivity contribution in [2.24, 2.45) is 0 Å². The van der Waals surface area contributed by atoms with E-state index in [2.05, 4.69) is 16.2 Å². The summed E-state index contributed by atoms with van der Waals surface area (Å²) in [5.74, 6) is -2.30. The van der Waals surface area contributed by atoms with Gasteiger partial charge < -0.3 is 5.32 Å². The van der Waals surface area contributed by atoms with Crippen LogP contribution in [-0.4, -0.2) is 11.9 Å². The van der Waals surface area contributed by atoms with Gasteiger partial charge in [0.25, 0.3) is 0 Å². The van der Waals surface area contributed by atoms with Gasteiger partial charge in [0.2, 0.25) is 5.91 Å². The Labute approximate surface area is 136 Å². The van der Waals surface area contributed by atoms with Gasteiger partial charge in [-0.1, -0.05) is 29.8 Å². The summed E-state index contributed by atoms with van der Waals surface area (Å²) in [6.07, 6.45) is 0.485. The first-order valence-corrected chi connectivity index (χ1v) is 7.44. The first-order valence-electron chi connectivity index (χ1n) is 7.06. The number of rotatable bonds is 3. The second-order valence-electron chi connectivity index (χ2n) is 5.27. The Morgan fingerprint density at radius 3 is 2.65 bits per heavy atom. The molecule has 2 aromatic rings. The van der Waals surface area contributed by atoms with Gasteiger partial charge in [0, 0.05) is 22.8 Å². The Morgan fingerprint density at radius 2 is 1.91 bits per heavy atom. The zero-order valence-corrected chi connectivity index (χ0v) is 12.7. The predicted molar refractivity (Wildman–Crippen MR) is 83.9 cm³/mol. The molecule has 2 unspecified atom stereocenters. The van der Waals surface area contributed by atoms with E-state index in [0.717, 1.165) is 17.7 Å². The van der Waals surface area contributed by atoms with Crippen molar-refractivity contribution in [2.75, 3.05) is 5.32 Å². The van der Waals surface area contributed by atoms with Crippen LogP contribution in [0.2, 0.25) is 5.02 Å². The van der Waals surface area contributed by atoms with Gasteiger partial charge in [0.05, 0.1) is 0 Å². The lowest BCUT2D eigenvalue weighted by molar-refractivity contribution is -0.117. The van der Waals surface area contributed by atoms with Crippen LogP contribution in [0, 0.1) is 11.6 Å². The average Bonchev–Trinajstić information content (AvgIpc) is 3.01. The minimum absolute atomic E-state index is 0.107. The van der Waals surface area contributed by atoms with Crippen molar-refractivity contribution in [2.45, 2.75) is 18.5 Å². The molecule has 1 heterocycles. The Bertz CT molecular complexity index is 741. The first-order chi connectivity index (χ1) is 11.0. The Morgan fingerprint density at radius 1 is 1.13 bits per heavy atom. The lowest BCUT2D eigenvalue weighted by atomic mass is 10.0. The number of hydrazine groups is 1. The van der Waals surface area contributed by atoms with E-state index in [1.165, 1.54) is 6.07 Å². The highest BCUT2D eigenvalue weighted by Gasteiger charge is 2.31. The molecule has 7 heteroatoms. The number of carbonyl (C=O) groups excluding carboxylic acids is 1. The summed E-state index contributed by atoms with van der Waals surface area (Å²) < 4.78 is 26.1. The molecule has 1 aliphatic rings. The molecule has 1 fully saturated rings. The highest BCUT2D eigenvalue weighted by Crippen LogP contribution is 2.28. The SMILES string of the molecule is O=C(Nc1ccc(F)c(F)c1)C1CC(c2ccccc2Cl)NN1. The highest BCUT2D eigenvalue weighted by atomic mass is 35.5. The molecule has 0 saturated carbocycles. The molecular weight excluding hydrogens is 324 g/mol. The van der Waals surface area contributed by atoms with Gasteiger partial charge in [-0.2, -0.15) is 0 Å². The lowest BCUT2D eigenvalue weighted by Crippen LogP contribution is -2.39. The van der Waals surface area contributed by atoms with Crippen molar-refractivity contribution in [3.05, 3.63) is 64.7 Å². The van der Waals surface area contributed by atoms with E-state index in [9.17, 15) is 13.6 Å². The quantitative estimate of drug-likeness (QED) is 0.806. The zero-order valence-electron chi connectivity index (χ0n) is 11.9. The van der Waals surface area contributed by atoms with E-state index < -0.39 is 17.7 Å². The molecule has 0 bridgehead atoms. The molecule has 3 N–H and O–H groups in total. The van der Waals surface area contributed by atoms with Crippen molar-refractivity contribution >= 4 is 23.2 Å². The molecule has 2 aromatic carbocycles. The summed E-state index contributed by atoms with van der Waals surface area (Å²) in [6.45, 7) is 0. The normalized spacial score (nSPS) is 20.5. The predicted octanol–water partition coefficient (Wildman–Crippen LogP) is 3.16. The topological polar surface area (TPSA) is 53.2 Å². The zero-order chi connectivity index (χ0) is 16.4. The second-order valence-corrected chi connectivity index (χ2v) is 5.68. The Hall–Kier alpha value is -2.02. The van der Waals surface area contributed by atoms with Crippen LogP contribution in [0.4, 0.5) is 14.5 Å². The standard InChI is InChI=1S/C16H14ClF2N3O/c17-11-4-2-1-3-10(11)14-8-15(22-21-14)16(23)20-9-5-6-12(18)13(19)7-9/h1-7,14-15,21-22H,8H2,(H,20,23). The van der Waals surface area contributed by atoms with Crippen LogP contribution < -0.4 is 16.2 Å². The fraction of sp³-hybridized carbons (Fsp3) is 0.188. The molecule has 120 valence electrons. The smallest absolute Gasteiger partial charge is 0.242 e. The Balaban J connectivity index is 1.65. The fourth-order valence-electron chi connectivity index (χ4n) is 2.49. The van der Waals surface area contributed by atoms with Crippen molar-refractivity contribution in [1.29, 1.82) is 0 Å². The minimum Gasteiger partial charge on any atom is -0.325 e. The van der Waals surface area contributed by atoms with E-state index in [1.54, 1.807) is 6.07 Å². The summed E-state index contributed by atoms with van der Waals surface area (Å²) in [7, 11) is 0. The maximum Gasteiger partial charge on any atom is 0.242 e. The molecule has 3 rings (SSSR count). The number of anilines is 1. The number of hydrogen-bond acceptors (Lipinski definition) is 3. The molecule has 0 aliphatic carbocycles. The van der Waals surface area contributed by atoms with Crippen LogP contribution in [0.1, 0.15) is 18.0 Å². The third-order valence-electron chi connectivity index (χ3n) is 3.69. The summed E-state index contributed by atoms with van der Waals surface area (Å²) in [4.78, 5) is 12.2. The number of benzene rings is 2. The summed E-state index contributed by atoms with van der Waals surface area (Å²) >= 11 is 6.15. The van der Waals surface area contributed by atoms with Crippen LogP contribution in [0.15, 0.2) is 42.5 Å². The largest absolute Gasteiger partial charge is 0.325 e. The van der Waals surface area contributed by atoms with Crippen molar-refractivity contribution in [1.82, 2.24) is 10.9 Å². The first kappa shape index (κ1) is 15.9. The molecule has 0 aromatic heterocycles. The number of nitrogens with one attached hydrogen (secondary N) is 3. The van der Waals surface area contributed by atoms with Gasteiger partial charge in [0.15, 0.2) is 11.6 Å². The molecule has 23 heavy (non-hydrogen) atoms. The third kappa shape index (κ3) is 3.50. The molecule has 4 nitrogen and oxygen atoms in total. The molecule has 0 radical (unpaired) electrons. The molecule has 1 amide bonds. The fourth-order valence-corrected chi connectivity index (χ4v) is 2.76. The number of carbonyl (C=O) groups is 1. The lowest BCUT2D eigenvalue weighted by Gasteiger charge is -2.12. The van der Waals surface area contributed by atoms with E-state index in [1.807, 2.05) is 18.2 Å². The maximum atomic E-state index is 13.2. The molecule has 1 aliphatic heterocycles. The van der Waals surface area contributed by atoms with Gasteiger partial charge in [-0.15, -0.1) is 0 Å². The average molecular weight is 338 g/mol. The van der Waals surface area contributed by atoms with E-state index >= 15 is 0 Å². The number of halogens is 3. The molecule has 0 spiro atoms. The molecule has 2 atom stereocenters. The van der Waals surface area contributed by atoms with Crippen molar-refractivity contribution in [3.8, 4) is 0 Å². The van der Waals surface area contributed by atoms with E-state index in [4.69, 9.17) is 11.6 Å². The minimum atomic E-state index is -1.01. The van der Waals surface area contributed by atoms with Crippen molar-refractivity contribution in [3.63, 3.8) is 0 Å². The maximum absolute atomic E-state index is 13.2. The van der Waals surface area contributed by atoms with Gasteiger partial charge in [-0.05, 0) is 30.2 Å². The number of hydrogen-bond donors (Lipinski definition) is 3.